The van der Waals surface area contributed by atoms with E-state index < -0.39 is 23.8 Å². The number of esters is 1. The fourth-order valence-electron chi connectivity index (χ4n) is 3.19. The third-order valence-electron chi connectivity index (χ3n) is 4.75. The molecule has 0 aliphatic carbocycles. The highest BCUT2D eigenvalue weighted by Crippen LogP contribution is 2.25. The highest BCUT2D eigenvalue weighted by molar-refractivity contribution is 6.22. The van der Waals surface area contributed by atoms with Crippen molar-refractivity contribution in [2.45, 2.75) is 26.5 Å². The summed E-state index contributed by atoms with van der Waals surface area (Å²) >= 11 is 0. The second-order valence-electron chi connectivity index (χ2n) is 6.55. The van der Waals surface area contributed by atoms with Crippen LogP contribution in [0.4, 0.5) is 0 Å². The highest BCUT2D eigenvalue weighted by atomic mass is 16.5. The van der Waals surface area contributed by atoms with E-state index in [-0.39, 0.29) is 6.61 Å². The molecule has 1 atom stereocenters. The number of amides is 2. The number of para-hydroxylation sites is 2. The van der Waals surface area contributed by atoms with Crippen molar-refractivity contribution < 1.29 is 19.1 Å². The molecule has 0 unspecified atom stereocenters. The van der Waals surface area contributed by atoms with Crippen molar-refractivity contribution in [2.24, 2.45) is 0 Å². The lowest BCUT2D eigenvalue weighted by molar-refractivity contribution is -0.149. The molecule has 2 aromatic carbocycles. The Kier molecular flexibility index (Phi) is 4.35. The second kappa shape index (κ2) is 6.84. The summed E-state index contributed by atoms with van der Waals surface area (Å²) in [4.78, 5) is 47.4. The summed E-state index contributed by atoms with van der Waals surface area (Å²) in [6.07, 6.45) is 0. The van der Waals surface area contributed by atoms with Gasteiger partial charge in [-0.1, -0.05) is 24.3 Å². The van der Waals surface area contributed by atoms with Crippen LogP contribution in [-0.2, 0) is 16.1 Å². The zero-order chi connectivity index (χ0) is 19.8. The summed E-state index contributed by atoms with van der Waals surface area (Å²) < 4.78 is 5.34. The van der Waals surface area contributed by atoms with Gasteiger partial charge in [0.1, 0.15) is 12.6 Å². The molecule has 1 aliphatic rings. The predicted molar refractivity (Wildman–Crippen MR) is 100 cm³/mol. The maximum absolute atomic E-state index is 12.5. The molecule has 1 aromatic heterocycles. The van der Waals surface area contributed by atoms with Crippen LogP contribution in [0.3, 0.4) is 0 Å². The number of aromatic nitrogens is 2. The minimum Gasteiger partial charge on any atom is -0.458 e. The Morgan fingerprint density at radius 1 is 0.964 bits per heavy atom. The molecule has 0 saturated heterocycles. The Morgan fingerprint density at radius 3 is 2.11 bits per heavy atom. The van der Waals surface area contributed by atoms with Gasteiger partial charge in [0, 0.05) is 0 Å². The molecule has 7 nitrogen and oxygen atoms in total. The standard InChI is InChI=1S/C21H17N3O4/c1-12-18(23-17-10-6-5-9-16(17)22-12)11-28-21(27)13(2)24-19(25)14-7-3-4-8-15(14)20(24)26/h3-10,13H,11H2,1-2H3/t13-/m0/s1. The Balaban J connectivity index is 1.50. The van der Waals surface area contributed by atoms with E-state index in [1.54, 1.807) is 31.2 Å². The molecular formula is C21H17N3O4. The van der Waals surface area contributed by atoms with Gasteiger partial charge in [-0.25, -0.2) is 14.8 Å². The maximum atomic E-state index is 12.5. The molecule has 0 N–H and O–H groups in total. The fourth-order valence-corrected chi connectivity index (χ4v) is 3.19. The molecule has 28 heavy (non-hydrogen) atoms. The molecule has 1 aliphatic heterocycles. The van der Waals surface area contributed by atoms with Gasteiger partial charge in [-0.05, 0) is 38.1 Å². The van der Waals surface area contributed by atoms with E-state index in [4.69, 9.17) is 4.74 Å². The summed E-state index contributed by atoms with van der Waals surface area (Å²) in [5.41, 5.74) is 3.23. The van der Waals surface area contributed by atoms with E-state index in [0.717, 1.165) is 10.4 Å². The zero-order valence-electron chi connectivity index (χ0n) is 15.4. The summed E-state index contributed by atoms with van der Waals surface area (Å²) in [5, 5.41) is 0. The van der Waals surface area contributed by atoms with Crippen LogP contribution < -0.4 is 0 Å². The summed E-state index contributed by atoms with van der Waals surface area (Å²) in [7, 11) is 0. The van der Waals surface area contributed by atoms with Crippen molar-refractivity contribution in [2.75, 3.05) is 0 Å². The SMILES string of the molecule is Cc1nc2ccccc2nc1COC(=O)[C@H](C)N1C(=O)c2ccccc2C1=O. The van der Waals surface area contributed by atoms with Crippen LogP contribution in [-0.4, -0.2) is 38.7 Å². The molecular weight excluding hydrogens is 358 g/mol. The molecule has 0 bridgehead atoms. The number of fused-ring (bicyclic) bond motifs is 2. The van der Waals surface area contributed by atoms with Crippen molar-refractivity contribution in [1.29, 1.82) is 0 Å². The fraction of sp³-hybridized carbons (Fsp3) is 0.190. The van der Waals surface area contributed by atoms with Crippen molar-refractivity contribution in [3.05, 3.63) is 71.0 Å². The summed E-state index contributed by atoms with van der Waals surface area (Å²) in [6.45, 7) is 3.18. The topological polar surface area (TPSA) is 89.5 Å². The van der Waals surface area contributed by atoms with E-state index in [1.807, 2.05) is 24.3 Å². The van der Waals surface area contributed by atoms with Gasteiger partial charge in [0.25, 0.3) is 11.8 Å². The molecule has 2 heterocycles. The molecule has 7 heteroatoms. The van der Waals surface area contributed by atoms with Crippen molar-refractivity contribution in [3.63, 3.8) is 0 Å². The highest BCUT2D eigenvalue weighted by Gasteiger charge is 2.41. The molecule has 0 saturated carbocycles. The minimum absolute atomic E-state index is 0.0873. The van der Waals surface area contributed by atoms with Crippen LogP contribution in [0.1, 0.15) is 39.0 Å². The van der Waals surface area contributed by atoms with Gasteiger partial charge in [-0.3, -0.25) is 14.5 Å². The van der Waals surface area contributed by atoms with E-state index in [2.05, 4.69) is 9.97 Å². The second-order valence-corrected chi connectivity index (χ2v) is 6.55. The van der Waals surface area contributed by atoms with Gasteiger partial charge in [-0.2, -0.15) is 0 Å². The summed E-state index contributed by atoms with van der Waals surface area (Å²) in [6, 6.07) is 12.9. The Morgan fingerprint density at radius 2 is 1.50 bits per heavy atom. The molecule has 3 aromatic rings. The first-order valence-corrected chi connectivity index (χ1v) is 8.83. The Labute approximate surface area is 161 Å². The average molecular weight is 375 g/mol. The lowest BCUT2D eigenvalue weighted by Gasteiger charge is -2.21. The minimum atomic E-state index is -1.04. The number of aryl methyl sites for hydroxylation is 1. The van der Waals surface area contributed by atoms with Gasteiger partial charge < -0.3 is 4.74 Å². The van der Waals surface area contributed by atoms with Crippen molar-refractivity contribution in [3.8, 4) is 0 Å². The monoisotopic (exact) mass is 375 g/mol. The van der Waals surface area contributed by atoms with Crippen LogP contribution in [0.25, 0.3) is 11.0 Å². The van der Waals surface area contributed by atoms with Crippen LogP contribution in [0.5, 0.6) is 0 Å². The number of benzene rings is 2. The third kappa shape index (κ3) is 2.90. The first-order chi connectivity index (χ1) is 13.5. The zero-order valence-corrected chi connectivity index (χ0v) is 15.4. The Hall–Kier alpha value is -3.61. The summed E-state index contributed by atoms with van der Waals surface area (Å²) in [5.74, 6) is -1.66. The van der Waals surface area contributed by atoms with Crippen LogP contribution >= 0.6 is 0 Å². The maximum Gasteiger partial charge on any atom is 0.329 e. The normalized spacial score (nSPS) is 14.3. The number of hydrogen-bond donors (Lipinski definition) is 0. The lowest BCUT2D eigenvalue weighted by Crippen LogP contribution is -2.43. The van der Waals surface area contributed by atoms with Crippen LogP contribution in [0, 0.1) is 6.92 Å². The van der Waals surface area contributed by atoms with Gasteiger partial charge in [0.05, 0.1) is 33.5 Å². The Bertz CT molecular complexity index is 1090. The predicted octanol–water partition coefficient (Wildman–Crippen LogP) is 2.67. The third-order valence-corrected chi connectivity index (χ3v) is 4.75. The number of ether oxygens (including phenoxy) is 1. The number of rotatable bonds is 4. The molecule has 0 radical (unpaired) electrons. The lowest BCUT2D eigenvalue weighted by atomic mass is 10.1. The van der Waals surface area contributed by atoms with Gasteiger partial charge in [-0.15, -0.1) is 0 Å². The quantitative estimate of drug-likeness (QED) is 0.514. The van der Waals surface area contributed by atoms with Gasteiger partial charge in [0.2, 0.25) is 0 Å². The molecule has 0 spiro atoms. The molecule has 4 rings (SSSR count). The number of nitrogens with zero attached hydrogens (tertiary/aromatic N) is 3. The van der Waals surface area contributed by atoms with Gasteiger partial charge >= 0.3 is 5.97 Å². The average Bonchev–Trinajstić information content (AvgIpc) is 2.96. The van der Waals surface area contributed by atoms with E-state index in [0.29, 0.717) is 28.0 Å². The number of hydrogen-bond acceptors (Lipinski definition) is 6. The smallest absolute Gasteiger partial charge is 0.329 e. The van der Waals surface area contributed by atoms with E-state index in [9.17, 15) is 14.4 Å². The van der Waals surface area contributed by atoms with Gasteiger partial charge in [0.15, 0.2) is 0 Å². The largest absolute Gasteiger partial charge is 0.458 e. The van der Waals surface area contributed by atoms with Crippen LogP contribution in [0.2, 0.25) is 0 Å². The molecule has 2 amide bonds. The molecule has 0 fully saturated rings. The van der Waals surface area contributed by atoms with Crippen molar-refractivity contribution in [1.82, 2.24) is 14.9 Å². The number of carbonyl (C=O) groups excluding carboxylic acids is 3. The van der Waals surface area contributed by atoms with E-state index in [1.165, 1.54) is 6.92 Å². The van der Waals surface area contributed by atoms with Crippen LogP contribution in [0.15, 0.2) is 48.5 Å². The molecule has 140 valence electrons. The number of carbonyl (C=O) groups is 3. The van der Waals surface area contributed by atoms with Crippen molar-refractivity contribution >= 4 is 28.8 Å². The first kappa shape index (κ1) is 17.8. The van der Waals surface area contributed by atoms with E-state index >= 15 is 0 Å². The first-order valence-electron chi connectivity index (χ1n) is 8.83. The number of imide groups is 1.